The van der Waals surface area contributed by atoms with Gasteiger partial charge in [0.1, 0.15) is 0 Å². The van der Waals surface area contributed by atoms with Crippen LogP contribution >= 0.6 is 0 Å². The standard InChI is InChI=1S/C15H32N2O/c1-4-8-17(9-10-18)13-15(12-16-3)7-5-6-14(2)11-15/h14,16,18H,4-13H2,1-3H3. The lowest BCUT2D eigenvalue weighted by atomic mass is 9.69. The Kier molecular flexibility index (Phi) is 7.20. The molecule has 1 aliphatic carbocycles. The second-order valence-corrected chi connectivity index (χ2v) is 6.23. The summed E-state index contributed by atoms with van der Waals surface area (Å²) in [5, 5.41) is 12.6. The lowest BCUT2D eigenvalue weighted by Gasteiger charge is -2.43. The van der Waals surface area contributed by atoms with Gasteiger partial charge in [-0.3, -0.25) is 0 Å². The van der Waals surface area contributed by atoms with Crippen LogP contribution in [0, 0.1) is 11.3 Å². The summed E-state index contributed by atoms with van der Waals surface area (Å²) in [6.07, 6.45) is 6.59. The Hall–Kier alpha value is -0.120. The van der Waals surface area contributed by atoms with Crippen molar-refractivity contribution in [3.05, 3.63) is 0 Å². The Bertz CT molecular complexity index is 213. The van der Waals surface area contributed by atoms with Crippen LogP contribution in [0.3, 0.4) is 0 Å². The Labute approximate surface area is 113 Å². The van der Waals surface area contributed by atoms with Crippen LogP contribution < -0.4 is 5.32 Å². The fourth-order valence-corrected chi connectivity index (χ4v) is 3.71. The molecule has 1 fully saturated rings. The van der Waals surface area contributed by atoms with Crippen molar-refractivity contribution in [3.63, 3.8) is 0 Å². The van der Waals surface area contributed by atoms with Gasteiger partial charge in [0.25, 0.3) is 0 Å². The van der Waals surface area contributed by atoms with E-state index >= 15 is 0 Å². The molecule has 108 valence electrons. The lowest BCUT2D eigenvalue weighted by Crippen LogP contribution is -2.47. The molecule has 0 aromatic carbocycles. The van der Waals surface area contributed by atoms with Crippen molar-refractivity contribution in [2.24, 2.45) is 11.3 Å². The van der Waals surface area contributed by atoms with Crippen molar-refractivity contribution in [3.8, 4) is 0 Å². The average molecular weight is 256 g/mol. The number of hydrogen-bond donors (Lipinski definition) is 2. The van der Waals surface area contributed by atoms with Crippen molar-refractivity contribution in [2.75, 3.05) is 39.8 Å². The molecule has 1 aliphatic rings. The molecule has 3 nitrogen and oxygen atoms in total. The molecule has 1 rings (SSSR count). The molecule has 0 saturated heterocycles. The summed E-state index contributed by atoms with van der Waals surface area (Å²) in [5.41, 5.74) is 0.427. The molecule has 18 heavy (non-hydrogen) atoms. The molecule has 2 unspecified atom stereocenters. The summed E-state index contributed by atoms with van der Waals surface area (Å²) >= 11 is 0. The number of nitrogens with one attached hydrogen (secondary N) is 1. The van der Waals surface area contributed by atoms with E-state index in [0.29, 0.717) is 5.41 Å². The van der Waals surface area contributed by atoms with E-state index in [4.69, 9.17) is 0 Å². The van der Waals surface area contributed by atoms with Gasteiger partial charge in [-0.25, -0.2) is 0 Å². The fraction of sp³-hybridized carbons (Fsp3) is 1.00. The van der Waals surface area contributed by atoms with Gasteiger partial charge >= 0.3 is 0 Å². The van der Waals surface area contributed by atoms with E-state index in [0.717, 1.165) is 32.1 Å². The highest BCUT2D eigenvalue weighted by atomic mass is 16.3. The third-order valence-electron chi connectivity index (χ3n) is 4.25. The summed E-state index contributed by atoms with van der Waals surface area (Å²) in [6, 6.07) is 0. The summed E-state index contributed by atoms with van der Waals surface area (Å²) in [7, 11) is 2.07. The van der Waals surface area contributed by atoms with Crippen LogP contribution in [-0.2, 0) is 0 Å². The Morgan fingerprint density at radius 3 is 2.72 bits per heavy atom. The van der Waals surface area contributed by atoms with Crippen molar-refractivity contribution in [1.82, 2.24) is 10.2 Å². The first kappa shape index (κ1) is 15.9. The fourth-order valence-electron chi connectivity index (χ4n) is 3.71. The predicted octanol–water partition coefficient (Wildman–Crippen LogP) is 2.11. The summed E-state index contributed by atoms with van der Waals surface area (Å²) in [5.74, 6) is 0.852. The van der Waals surface area contributed by atoms with Gasteiger partial charge in [0, 0.05) is 19.6 Å². The zero-order chi connectivity index (χ0) is 13.4. The van der Waals surface area contributed by atoms with Gasteiger partial charge in [0.05, 0.1) is 6.61 Å². The summed E-state index contributed by atoms with van der Waals surface area (Å²) in [4.78, 5) is 2.45. The Balaban J connectivity index is 2.63. The third-order valence-corrected chi connectivity index (χ3v) is 4.25. The average Bonchev–Trinajstić information content (AvgIpc) is 2.29. The van der Waals surface area contributed by atoms with Gasteiger partial charge in [-0.2, -0.15) is 0 Å². The molecule has 0 radical (unpaired) electrons. The normalized spacial score (nSPS) is 28.8. The number of aliphatic hydroxyl groups excluding tert-OH is 1. The maximum Gasteiger partial charge on any atom is 0.0558 e. The molecule has 0 spiro atoms. The van der Waals surface area contributed by atoms with Gasteiger partial charge in [-0.1, -0.05) is 26.7 Å². The van der Waals surface area contributed by atoms with Crippen molar-refractivity contribution >= 4 is 0 Å². The zero-order valence-electron chi connectivity index (χ0n) is 12.5. The molecule has 0 aromatic rings. The molecule has 0 bridgehead atoms. The minimum atomic E-state index is 0.283. The molecule has 0 aromatic heterocycles. The van der Waals surface area contributed by atoms with E-state index in [1.807, 2.05) is 0 Å². The summed E-state index contributed by atoms with van der Waals surface area (Å²) in [6.45, 7) is 9.09. The summed E-state index contributed by atoms with van der Waals surface area (Å²) < 4.78 is 0. The Morgan fingerprint density at radius 2 is 2.17 bits per heavy atom. The van der Waals surface area contributed by atoms with E-state index < -0.39 is 0 Å². The molecule has 1 saturated carbocycles. The maximum atomic E-state index is 9.20. The minimum absolute atomic E-state index is 0.283. The molecule has 0 amide bonds. The van der Waals surface area contributed by atoms with Crippen LogP contribution in [0.25, 0.3) is 0 Å². The molecular weight excluding hydrogens is 224 g/mol. The quantitative estimate of drug-likeness (QED) is 0.698. The molecular formula is C15H32N2O. The van der Waals surface area contributed by atoms with Gasteiger partial charge in [0.2, 0.25) is 0 Å². The van der Waals surface area contributed by atoms with E-state index in [-0.39, 0.29) is 6.61 Å². The van der Waals surface area contributed by atoms with E-state index in [1.54, 1.807) is 0 Å². The van der Waals surface area contributed by atoms with Crippen molar-refractivity contribution in [1.29, 1.82) is 0 Å². The minimum Gasteiger partial charge on any atom is -0.395 e. The van der Waals surface area contributed by atoms with Crippen LogP contribution in [0.15, 0.2) is 0 Å². The van der Waals surface area contributed by atoms with Gasteiger partial charge < -0.3 is 15.3 Å². The van der Waals surface area contributed by atoms with Crippen LogP contribution in [0.5, 0.6) is 0 Å². The van der Waals surface area contributed by atoms with Gasteiger partial charge in [-0.15, -0.1) is 0 Å². The van der Waals surface area contributed by atoms with E-state index in [9.17, 15) is 5.11 Å². The number of rotatable bonds is 8. The third kappa shape index (κ3) is 4.87. The number of aliphatic hydroxyl groups is 1. The predicted molar refractivity (Wildman–Crippen MR) is 77.8 cm³/mol. The van der Waals surface area contributed by atoms with Crippen molar-refractivity contribution in [2.45, 2.75) is 46.0 Å². The molecule has 3 heteroatoms. The number of nitrogens with zero attached hydrogens (tertiary/aromatic N) is 1. The van der Waals surface area contributed by atoms with Crippen molar-refractivity contribution < 1.29 is 5.11 Å². The van der Waals surface area contributed by atoms with Crippen LogP contribution in [-0.4, -0.2) is 49.8 Å². The smallest absolute Gasteiger partial charge is 0.0558 e. The molecule has 2 atom stereocenters. The maximum absolute atomic E-state index is 9.20. The van der Waals surface area contributed by atoms with Gasteiger partial charge in [0.15, 0.2) is 0 Å². The number of hydrogen-bond acceptors (Lipinski definition) is 3. The largest absolute Gasteiger partial charge is 0.395 e. The highest BCUT2D eigenvalue weighted by molar-refractivity contribution is 4.89. The highest BCUT2D eigenvalue weighted by Crippen LogP contribution is 2.39. The SMILES string of the molecule is CCCN(CCO)CC1(CNC)CCCC(C)C1. The molecule has 0 aliphatic heterocycles. The lowest BCUT2D eigenvalue weighted by molar-refractivity contribution is 0.0719. The highest BCUT2D eigenvalue weighted by Gasteiger charge is 2.35. The second-order valence-electron chi connectivity index (χ2n) is 6.23. The first-order valence-electron chi connectivity index (χ1n) is 7.63. The first-order chi connectivity index (χ1) is 8.65. The Morgan fingerprint density at radius 1 is 1.39 bits per heavy atom. The van der Waals surface area contributed by atoms with E-state index in [1.165, 1.54) is 32.1 Å². The zero-order valence-corrected chi connectivity index (χ0v) is 12.5. The monoisotopic (exact) mass is 256 g/mol. The first-order valence-corrected chi connectivity index (χ1v) is 7.63. The van der Waals surface area contributed by atoms with Crippen LogP contribution in [0.2, 0.25) is 0 Å². The second kappa shape index (κ2) is 8.13. The van der Waals surface area contributed by atoms with Gasteiger partial charge in [-0.05, 0) is 44.2 Å². The van der Waals surface area contributed by atoms with Crippen LogP contribution in [0.4, 0.5) is 0 Å². The molecule has 0 heterocycles. The topological polar surface area (TPSA) is 35.5 Å². The van der Waals surface area contributed by atoms with Crippen LogP contribution in [0.1, 0.15) is 46.0 Å². The van der Waals surface area contributed by atoms with E-state index in [2.05, 4.69) is 31.1 Å². The molecule has 2 N–H and O–H groups in total.